The molecule has 0 saturated carbocycles. The minimum Gasteiger partial charge on any atom is -0.399 e. The Kier molecular flexibility index (Phi) is 7.54. The first kappa shape index (κ1) is 20.0. The summed E-state index contributed by atoms with van der Waals surface area (Å²) in [6.45, 7) is 3.11. The third-order valence-corrected chi connectivity index (χ3v) is 4.97. The third kappa shape index (κ3) is 5.33. The number of rotatable bonds is 5. The number of hydrogen-bond donors (Lipinski definition) is 2. The van der Waals surface area contributed by atoms with Crippen LogP contribution < -0.4 is 11.1 Å². The molecule has 1 aliphatic carbocycles. The maximum atomic E-state index is 12.5. The van der Waals surface area contributed by atoms with Crippen LogP contribution in [0.5, 0.6) is 0 Å². The Labute approximate surface area is 156 Å². The smallest absolute Gasteiger partial charge is 0.249 e. The van der Waals surface area contributed by atoms with E-state index < -0.39 is 6.10 Å². The molecule has 0 spiro atoms. The number of anilines is 1. The number of nitrogens with two attached hydrogens (primary N) is 1. The second kappa shape index (κ2) is 9.41. The average molecular weight is 369 g/mol. The largest absolute Gasteiger partial charge is 0.399 e. The Morgan fingerprint density at radius 2 is 2.20 bits per heavy atom. The number of hydrogen-bond acceptors (Lipinski definition) is 4. The molecule has 2 aliphatic rings. The number of ether oxygens (including phenoxy) is 2. The number of carbonyl (C=O) groups is 1. The zero-order valence-electron chi connectivity index (χ0n) is 14.8. The van der Waals surface area contributed by atoms with E-state index in [-0.39, 0.29) is 30.5 Å². The summed E-state index contributed by atoms with van der Waals surface area (Å²) in [5.41, 5.74) is 9.08. The van der Waals surface area contributed by atoms with Gasteiger partial charge in [0.05, 0.1) is 18.8 Å². The van der Waals surface area contributed by atoms with Crippen LogP contribution in [-0.2, 0) is 20.7 Å². The Morgan fingerprint density at radius 1 is 1.36 bits per heavy atom. The van der Waals surface area contributed by atoms with E-state index in [1.165, 1.54) is 17.5 Å². The fourth-order valence-corrected chi connectivity index (χ4v) is 3.54. The van der Waals surface area contributed by atoms with Crippen molar-refractivity contribution in [3.05, 3.63) is 29.3 Å². The molecule has 1 aromatic rings. The van der Waals surface area contributed by atoms with E-state index in [4.69, 9.17) is 15.2 Å². The minimum absolute atomic E-state index is 0. The zero-order valence-corrected chi connectivity index (χ0v) is 15.6. The van der Waals surface area contributed by atoms with Crippen molar-refractivity contribution in [2.45, 2.75) is 63.7 Å². The Balaban J connectivity index is 0.00000225. The third-order valence-electron chi connectivity index (χ3n) is 4.97. The quantitative estimate of drug-likeness (QED) is 0.783. The van der Waals surface area contributed by atoms with E-state index in [0.717, 1.165) is 44.4 Å². The second-order valence-electron chi connectivity index (χ2n) is 6.88. The van der Waals surface area contributed by atoms with Gasteiger partial charge in [-0.15, -0.1) is 12.4 Å². The summed E-state index contributed by atoms with van der Waals surface area (Å²) in [4.78, 5) is 12.5. The monoisotopic (exact) mass is 368 g/mol. The van der Waals surface area contributed by atoms with Gasteiger partial charge in [0.15, 0.2) is 0 Å². The number of halogens is 1. The first-order valence-corrected chi connectivity index (χ1v) is 9.05. The molecule has 5 nitrogen and oxygen atoms in total. The van der Waals surface area contributed by atoms with Crippen LogP contribution >= 0.6 is 12.4 Å². The van der Waals surface area contributed by atoms with Crippen molar-refractivity contribution in [2.24, 2.45) is 0 Å². The molecule has 0 bridgehead atoms. The highest BCUT2D eigenvalue weighted by Crippen LogP contribution is 2.31. The molecule has 3 atom stereocenters. The first-order chi connectivity index (χ1) is 11.6. The molecule has 140 valence electrons. The van der Waals surface area contributed by atoms with Crippen molar-refractivity contribution in [1.29, 1.82) is 0 Å². The standard InChI is InChI=1S/C19H28N2O3.ClH/c1-13(24-12-16-6-2-3-10-23-16)19(22)21-18-7-4-5-14-11-15(20)8-9-17(14)18;/h8-9,11,13,16,18H,2-7,10,12,20H2,1H3,(H,21,22);1H. The van der Waals surface area contributed by atoms with Crippen LogP contribution in [0.25, 0.3) is 0 Å². The number of benzene rings is 1. The SMILES string of the molecule is CC(OCC1CCCCO1)C(=O)NC1CCCc2cc(N)ccc21.Cl. The van der Waals surface area contributed by atoms with Crippen LogP contribution in [0, 0.1) is 0 Å². The van der Waals surface area contributed by atoms with E-state index in [9.17, 15) is 4.79 Å². The van der Waals surface area contributed by atoms with Gasteiger partial charge in [-0.25, -0.2) is 0 Å². The zero-order chi connectivity index (χ0) is 16.9. The van der Waals surface area contributed by atoms with Crippen molar-refractivity contribution in [3.8, 4) is 0 Å². The second-order valence-corrected chi connectivity index (χ2v) is 6.88. The molecule has 1 aliphatic heterocycles. The summed E-state index contributed by atoms with van der Waals surface area (Å²) in [5.74, 6) is -0.0551. The molecule has 3 unspecified atom stereocenters. The summed E-state index contributed by atoms with van der Waals surface area (Å²) in [6, 6.07) is 6.02. The van der Waals surface area contributed by atoms with Gasteiger partial charge in [-0.1, -0.05) is 6.07 Å². The molecule has 3 N–H and O–H groups in total. The summed E-state index contributed by atoms with van der Waals surface area (Å²) < 4.78 is 11.4. The fourth-order valence-electron chi connectivity index (χ4n) is 3.54. The molecular weight excluding hydrogens is 340 g/mol. The van der Waals surface area contributed by atoms with Crippen LogP contribution in [0.3, 0.4) is 0 Å². The average Bonchev–Trinajstić information content (AvgIpc) is 2.60. The van der Waals surface area contributed by atoms with Crippen molar-refractivity contribution in [3.63, 3.8) is 0 Å². The fraction of sp³-hybridized carbons (Fsp3) is 0.632. The van der Waals surface area contributed by atoms with Crippen molar-refractivity contribution in [2.75, 3.05) is 18.9 Å². The maximum Gasteiger partial charge on any atom is 0.249 e. The molecule has 3 rings (SSSR count). The molecule has 1 fully saturated rings. The van der Waals surface area contributed by atoms with E-state index >= 15 is 0 Å². The highest BCUT2D eigenvalue weighted by molar-refractivity contribution is 5.85. The predicted molar refractivity (Wildman–Crippen MR) is 101 cm³/mol. The Bertz CT molecular complexity index is 576. The lowest BCUT2D eigenvalue weighted by Crippen LogP contribution is -2.39. The Morgan fingerprint density at radius 3 is 2.96 bits per heavy atom. The van der Waals surface area contributed by atoms with Gasteiger partial charge in [-0.05, 0) is 68.7 Å². The molecule has 1 aromatic carbocycles. The van der Waals surface area contributed by atoms with Gasteiger partial charge in [-0.2, -0.15) is 0 Å². The number of nitrogen functional groups attached to an aromatic ring is 1. The van der Waals surface area contributed by atoms with Gasteiger partial charge in [0.1, 0.15) is 6.10 Å². The van der Waals surface area contributed by atoms with Crippen LogP contribution in [0.4, 0.5) is 5.69 Å². The highest BCUT2D eigenvalue weighted by atomic mass is 35.5. The summed E-state index contributed by atoms with van der Waals surface area (Å²) >= 11 is 0. The normalized spacial score (nSPS) is 23.9. The van der Waals surface area contributed by atoms with Gasteiger partial charge in [-0.3, -0.25) is 4.79 Å². The number of nitrogens with one attached hydrogen (secondary N) is 1. The number of fused-ring (bicyclic) bond motifs is 1. The molecule has 1 amide bonds. The number of aryl methyl sites for hydroxylation is 1. The summed E-state index contributed by atoms with van der Waals surface area (Å²) in [6.07, 6.45) is 6.04. The lowest BCUT2D eigenvalue weighted by molar-refractivity contribution is -0.136. The van der Waals surface area contributed by atoms with Crippen molar-refractivity contribution < 1.29 is 14.3 Å². The topological polar surface area (TPSA) is 73.6 Å². The molecule has 25 heavy (non-hydrogen) atoms. The molecule has 1 saturated heterocycles. The van der Waals surface area contributed by atoms with E-state index in [1.54, 1.807) is 0 Å². The van der Waals surface area contributed by atoms with Crippen LogP contribution in [-0.4, -0.2) is 31.3 Å². The van der Waals surface area contributed by atoms with Gasteiger partial charge < -0.3 is 20.5 Å². The highest BCUT2D eigenvalue weighted by Gasteiger charge is 2.25. The molecule has 6 heteroatoms. The number of amides is 1. The lowest BCUT2D eigenvalue weighted by atomic mass is 9.87. The van der Waals surface area contributed by atoms with E-state index in [2.05, 4.69) is 5.32 Å². The molecule has 0 radical (unpaired) electrons. The van der Waals surface area contributed by atoms with Crippen LogP contribution in [0.2, 0.25) is 0 Å². The van der Waals surface area contributed by atoms with E-state index in [1.807, 2.05) is 25.1 Å². The van der Waals surface area contributed by atoms with Crippen LogP contribution in [0.15, 0.2) is 18.2 Å². The number of carbonyl (C=O) groups excluding carboxylic acids is 1. The van der Waals surface area contributed by atoms with Crippen molar-refractivity contribution in [1.82, 2.24) is 5.32 Å². The molecule has 1 heterocycles. The summed E-state index contributed by atoms with van der Waals surface area (Å²) in [5, 5.41) is 3.14. The molecular formula is C19H29ClN2O3. The predicted octanol–water partition coefficient (Wildman–Crippen LogP) is 3.16. The summed E-state index contributed by atoms with van der Waals surface area (Å²) in [7, 11) is 0. The maximum absolute atomic E-state index is 12.5. The van der Waals surface area contributed by atoms with E-state index in [0.29, 0.717) is 6.61 Å². The van der Waals surface area contributed by atoms with Gasteiger partial charge >= 0.3 is 0 Å². The van der Waals surface area contributed by atoms with Crippen molar-refractivity contribution >= 4 is 24.0 Å². The lowest BCUT2D eigenvalue weighted by Gasteiger charge is -2.28. The van der Waals surface area contributed by atoms with Gasteiger partial charge in [0.25, 0.3) is 0 Å². The van der Waals surface area contributed by atoms with Crippen LogP contribution in [0.1, 0.15) is 56.2 Å². The minimum atomic E-state index is -0.463. The van der Waals surface area contributed by atoms with Gasteiger partial charge in [0, 0.05) is 12.3 Å². The molecule has 0 aromatic heterocycles. The van der Waals surface area contributed by atoms with Gasteiger partial charge in [0.2, 0.25) is 5.91 Å². The first-order valence-electron chi connectivity index (χ1n) is 9.05. The Hall–Kier alpha value is -1.30.